The molecule has 0 unspecified atom stereocenters. The number of aromatic nitrogens is 2. The zero-order valence-electron chi connectivity index (χ0n) is 10.1. The second kappa shape index (κ2) is 6.02. The minimum absolute atomic E-state index is 0.0306. The molecule has 0 saturated heterocycles. The van der Waals surface area contributed by atoms with Gasteiger partial charge in [0.1, 0.15) is 11.6 Å². The van der Waals surface area contributed by atoms with Crippen LogP contribution >= 0.6 is 15.9 Å². The van der Waals surface area contributed by atoms with Gasteiger partial charge >= 0.3 is 0 Å². The van der Waals surface area contributed by atoms with Crippen LogP contribution in [0.25, 0.3) is 0 Å². The van der Waals surface area contributed by atoms with E-state index in [1.807, 2.05) is 36.0 Å². The Balaban J connectivity index is 1.96. The Morgan fingerprint density at radius 1 is 1.44 bits per heavy atom. The average molecular weight is 311 g/mol. The van der Waals surface area contributed by atoms with E-state index in [1.165, 1.54) is 0 Å². The third kappa shape index (κ3) is 3.11. The van der Waals surface area contributed by atoms with Crippen LogP contribution in [0.2, 0.25) is 0 Å². The summed E-state index contributed by atoms with van der Waals surface area (Å²) in [7, 11) is 1.96. The van der Waals surface area contributed by atoms with Crippen LogP contribution in [0.4, 0.5) is 0 Å². The van der Waals surface area contributed by atoms with E-state index in [1.54, 1.807) is 6.20 Å². The lowest BCUT2D eigenvalue weighted by Gasteiger charge is -2.10. The Kier molecular flexibility index (Phi) is 4.38. The number of benzene rings is 1. The summed E-state index contributed by atoms with van der Waals surface area (Å²) in [5, 5.41) is 9.25. The number of halogens is 1. The number of rotatable bonds is 5. The molecule has 4 nitrogen and oxygen atoms in total. The molecule has 0 aliphatic carbocycles. The number of aryl methyl sites for hydroxylation is 1. The molecule has 0 fully saturated rings. The van der Waals surface area contributed by atoms with E-state index in [-0.39, 0.29) is 6.61 Å². The minimum Gasteiger partial charge on any atom is -0.493 e. The first-order valence-electron chi connectivity index (χ1n) is 5.69. The molecular weight excluding hydrogens is 296 g/mol. The van der Waals surface area contributed by atoms with E-state index < -0.39 is 0 Å². The van der Waals surface area contributed by atoms with E-state index in [0.29, 0.717) is 6.61 Å². The largest absolute Gasteiger partial charge is 0.493 e. The van der Waals surface area contributed by atoms with E-state index in [9.17, 15) is 5.11 Å². The van der Waals surface area contributed by atoms with Crippen LogP contribution in [-0.4, -0.2) is 21.3 Å². The van der Waals surface area contributed by atoms with Crippen molar-refractivity contribution in [3.63, 3.8) is 0 Å². The number of ether oxygens (including phenoxy) is 1. The fourth-order valence-electron chi connectivity index (χ4n) is 1.70. The predicted molar refractivity (Wildman–Crippen MR) is 72.5 cm³/mol. The molecule has 0 aliphatic heterocycles. The van der Waals surface area contributed by atoms with Crippen molar-refractivity contribution < 1.29 is 9.84 Å². The standard InChI is InChI=1S/C13H15BrN2O2/c1-16-6-5-15-13(16)4-7-18-12-3-2-11(14)8-10(12)9-17/h2-3,5-6,8,17H,4,7,9H2,1H3. The first kappa shape index (κ1) is 13.1. The van der Waals surface area contributed by atoms with Gasteiger partial charge in [-0.25, -0.2) is 4.98 Å². The Bertz CT molecular complexity index is 525. The monoisotopic (exact) mass is 310 g/mol. The fourth-order valence-corrected chi connectivity index (χ4v) is 2.11. The number of aliphatic hydroxyl groups excluding tert-OH is 1. The van der Waals surface area contributed by atoms with Gasteiger partial charge in [-0.15, -0.1) is 0 Å². The molecule has 0 amide bonds. The number of imidazole rings is 1. The van der Waals surface area contributed by atoms with Gasteiger partial charge in [0.15, 0.2) is 0 Å². The van der Waals surface area contributed by atoms with Crippen LogP contribution in [-0.2, 0) is 20.1 Å². The maximum absolute atomic E-state index is 9.25. The lowest BCUT2D eigenvalue weighted by atomic mass is 10.2. The zero-order valence-corrected chi connectivity index (χ0v) is 11.7. The Morgan fingerprint density at radius 2 is 2.28 bits per heavy atom. The lowest BCUT2D eigenvalue weighted by Crippen LogP contribution is -2.07. The molecule has 1 N–H and O–H groups in total. The van der Waals surface area contributed by atoms with Gasteiger partial charge in [-0.1, -0.05) is 15.9 Å². The van der Waals surface area contributed by atoms with Crippen LogP contribution < -0.4 is 4.74 Å². The molecule has 18 heavy (non-hydrogen) atoms. The van der Waals surface area contributed by atoms with E-state index in [0.717, 1.165) is 28.0 Å². The lowest BCUT2D eigenvalue weighted by molar-refractivity contribution is 0.263. The second-order valence-corrected chi connectivity index (χ2v) is 4.88. The molecule has 0 spiro atoms. The second-order valence-electron chi connectivity index (χ2n) is 3.96. The van der Waals surface area contributed by atoms with Crippen molar-refractivity contribution in [2.75, 3.05) is 6.61 Å². The summed E-state index contributed by atoms with van der Waals surface area (Å²) in [5.74, 6) is 1.70. The van der Waals surface area contributed by atoms with E-state index in [4.69, 9.17) is 4.74 Å². The summed E-state index contributed by atoms with van der Waals surface area (Å²) >= 11 is 3.37. The highest BCUT2D eigenvalue weighted by Gasteiger charge is 2.05. The molecule has 0 atom stereocenters. The summed E-state index contributed by atoms with van der Waals surface area (Å²) in [6.07, 6.45) is 4.42. The van der Waals surface area contributed by atoms with Gasteiger partial charge in [0.25, 0.3) is 0 Å². The van der Waals surface area contributed by atoms with Crippen LogP contribution in [0.3, 0.4) is 0 Å². The van der Waals surface area contributed by atoms with Gasteiger partial charge in [-0.05, 0) is 18.2 Å². The zero-order chi connectivity index (χ0) is 13.0. The SMILES string of the molecule is Cn1ccnc1CCOc1ccc(Br)cc1CO. The molecule has 1 aromatic carbocycles. The van der Waals surface area contributed by atoms with Crippen molar-refractivity contribution in [1.29, 1.82) is 0 Å². The van der Waals surface area contributed by atoms with Crippen LogP contribution in [0.1, 0.15) is 11.4 Å². The van der Waals surface area contributed by atoms with Gasteiger partial charge in [0, 0.05) is 35.9 Å². The number of hydrogen-bond acceptors (Lipinski definition) is 3. The summed E-state index contributed by atoms with van der Waals surface area (Å²) in [6.45, 7) is 0.511. The molecule has 0 aliphatic rings. The number of nitrogens with zero attached hydrogens (tertiary/aromatic N) is 2. The molecule has 1 heterocycles. The van der Waals surface area contributed by atoms with Gasteiger partial charge in [0.2, 0.25) is 0 Å². The van der Waals surface area contributed by atoms with Crippen molar-refractivity contribution in [3.8, 4) is 5.75 Å². The van der Waals surface area contributed by atoms with Crippen molar-refractivity contribution in [2.24, 2.45) is 7.05 Å². The summed E-state index contributed by atoms with van der Waals surface area (Å²) in [6, 6.07) is 5.61. The maximum Gasteiger partial charge on any atom is 0.124 e. The third-order valence-electron chi connectivity index (χ3n) is 2.70. The van der Waals surface area contributed by atoms with Gasteiger partial charge in [-0.2, -0.15) is 0 Å². The average Bonchev–Trinajstić information content (AvgIpc) is 2.77. The molecule has 2 aromatic rings. The molecule has 0 radical (unpaired) electrons. The predicted octanol–water partition coefficient (Wildman–Crippen LogP) is 2.30. The number of aliphatic hydroxyl groups is 1. The Hall–Kier alpha value is -1.33. The summed E-state index contributed by atoms with van der Waals surface area (Å²) in [4.78, 5) is 4.23. The molecule has 0 saturated carbocycles. The highest BCUT2D eigenvalue weighted by molar-refractivity contribution is 9.10. The highest BCUT2D eigenvalue weighted by atomic mass is 79.9. The van der Waals surface area contributed by atoms with Gasteiger partial charge in [0.05, 0.1) is 13.2 Å². The molecule has 96 valence electrons. The smallest absolute Gasteiger partial charge is 0.124 e. The fraction of sp³-hybridized carbons (Fsp3) is 0.308. The quantitative estimate of drug-likeness (QED) is 0.922. The molecule has 2 rings (SSSR count). The third-order valence-corrected chi connectivity index (χ3v) is 3.19. The maximum atomic E-state index is 9.25. The minimum atomic E-state index is -0.0306. The van der Waals surface area contributed by atoms with Crippen molar-refractivity contribution >= 4 is 15.9 Å². The summed E-state index contributed by atoms with van der Waals surface area (Å²) < 4.78 is 8.58. The van der Waals surface area contributed by atoms with Crippen molar-refractivity contribution in [2.45, 2.75) is 13.0 Å². The molecular formula is C13H15BrN2O2. The first-order valence-corrected chi connectivity index (χ1v) is 6.48. The molecule has 0 bridgehead atoms. The van der Waals surface area contributed by atoms with Crippen LogP contribution in [0, 0.1) is 0 Å². The first-order chi connectivity index (χ1) is 8.70. The van der Waals surface area contributed by atoms with Crippen molar-refractivity contribution in [1.82, 2.24) is 9.55 Å². The summed E-state index contributed by atoms with van der Waals surface area (Å²) in [5.41, 5.74) is 0.782. The van der Waals surface area contributed by atoms with Gasteiger partial charge in [-0.3, -0.25) is 0 Å². The normalized spacial score (nSPS) is 10.6. The topological polar surface area (TPSA) is 47.3 Å². The Labute approximate surface area is 114 Å². The van der Waals surface area contributed by atoms with Crippen LogP contribution in [0.5, 0.6) is 5.75 Å². The Morgan fingerprint density at radius 3 is 2.94 bits per heavy atom. The number of hydrogen-bond donors (Lipinski definition) is 1. The van der Waals surface area contributed by atoms with E-state index >= 15 is 0 Å². The van der Waals surface area contributed by atoms with Crippen molar-refractivity contribution in [3.05, 3.63) is 46.5 Å². The van der Waals surface area contributed by atoms with Gasteiger partial charge < -0.3 is 14.4 Å². The highest BCUT2D eigenvalue weighted by Crippen LogP contribution is 2.23. The molecule has 1 aromatic heterocycles. The van der Waals surface area contributed by atoms with Crippen LogP contribution in [0.15, 0.2) is 35.1 Å². The molecule has 5 heteroatoms. The van der Waals surface area contributed by atoms with E-state index in [2.05, 4.69) is 20.9 Å².